The van der Waals surface area contributed by atoms with Crippen LogP contribution in [0.25, 0.3) is 0 Å². The summed E-state index contributed by atoms with van der Waals surface area (Å²) < 4.78 is 11.8. The van der Waals surface area contributed by atoms with Crippen molar-refractivity contribution in [3.05, 3.63) is 0 Å². The molecule has 1 heterocycles. The monoisotopic (exact) mass is 345 g/mol. The van der Waals surface area contributed by atoms with Crippen molar-refractivity contribution >= 4 is 14.4 Å². The van der Waals surface area contributed by atoms with E-state index < -0.39 is 20.0 Å². The van der Waals surface area contributed by atoms with Gasteiger partial charge in [-0.3, -0.25) is 0 Å². The van der Waals surface area contributed by atoms with E-state index in [1.54, 1.807) is 4.90 Å². The predicted octanol–water partition coefficient (Wildman–Crippen LogP) is 3.77. The summed E-state index contributed by atoms with van der Waals surface area (Å²) in [4.78, 5) is 13.8. The van der Waals surface area contributed by atoms with E-state index in [2.05, 4.69) is 33.9 Å². The highest BCUT2D eigenvalue weighted by atomic mass is 28.4. The smallest absolute Gasteiger partial charge is 0.410 e. The largest absolute Gasteiger partial charge is 0.444 e. The molecule has 23 heavy (non-hydrogen) atoms. The first-order chi connectivity index (χ1) is 10.2. The normalized spacial score (nSPS) is 24.3. The van der Waals surface area contributed by atoms with Crippen molar-refractivity contribution in [2.24, 2.45) is 0 Å². The minimum absolute atomic E-state index is 0.101. The summed E-state index contributed by atoms with van der Waals surface area (Å²) in [6.45, 7) is 17.4. The van der Waals surface area contributed by atoms with E-state index in [0.29, 0.717) is 6.54 Å². The summed E-state index contributed by atoms with van der Waals surface area (Å²) in [6.07, 6.45) is 0.356. The SMILES string of the molecule is CC(C)(C)OC(=O)N1CCC[C@H](O[Si](C)(C)C(C)(C)C)[C@@H](O)C1. The average Bonchev–Trinajstić information content (AvgIpc) is 2.48. The molecule has 6 heteroatoms. The molecule has 1 N–H and O–H groups in total. The molecule has 0 unspecified atom stereocenters. The van der Waals surface area contributed by atoms with Gasteiger partial charge in [0.05, 0.1) is 18.8 Å². The van der Waals surface area contributed by atoms with Crippen LogP contribution in [0.2, 0.25) is 18.1 Å². The number of hydrogen-bond acceptors (Lipinski definition) is 4. The van der Waals surface area contributed by atoms with Crippen LogP contribution in [0.15, 0.2) is 0 Å². The van der Waals surface area contributed by atoms with Gasteiger partial charge in [0.15, 0.2) is 8.32 Å². The summed E-state index contributed by atoms with van der Waals surface area (Å²) in [5.74, 6) is 0. The van der Waals surface area contributed by atoms with Crippen molar-refractivity contribution in [2.45, 2.75) is 90.3 Å². The van der Waals surface area contributed by atoms with E-state index >= 15 is 0 Å². The Hall–Kier alpha value is -0.593. The van der Waals surface area contributed by atoms with E-state index in [0.717, 1.165) is 12.8 Å². The molecule has 1 saturated heterocycles. The molecule has 1 fully saturated rings. The molecule has 0 radical (unpaired) electrons. The number of aliphatic hydroxyl groups is 1. The highest BCUT2D eigenvalue weighted by Gasteiger charge is 2.41. The minimum atomic E-state index is -1.94. The van der Waals surface area contributed by atoms with Gasteiger partial charge in [-0.1, -0.05) is 20.8 Å². The molecule has 5 nitrogen and oxygen atoms in total. The van der Waals surface area contributed by atoms with Gasteiger partial charge in [0.25, 0.3) is 0 Å². The molecule has 0 aromatic carbocycles. The second-order valence-electron chi connectivity index (χ2n) is 9.05. The number of rotatable bonds is 2. The van der Waals surface area contributed by atoms with Crippen LogP contribution >= 0.6 is 0 Å². The number of hydrogen-bond donors (Lipinski definition) is 1. The third kappa shape index (κ3) is 6.08. The lowest BCUT2D eigenvalue weighted by molar-refractivity contribution is -0.00217. The van der Waals surface area contributed by atoms with E-state index in [1.807, 2.05) is 20.8 Å². The van der Waals surface area contributed by atoms with Crippen molar-refractivity contribution < 1.29 is 19.1 Å². The van der Waals surface area contributed by atoms with Crippen molar-refractivity contribution in [1.82, 2.24) is 4.90 Å². The van der Waals surface area contributed by atoms with Crippen LogP contribution in [0.1, 0.15) is 54.4 Å². The molecule has 0 saturated carbocycles. The fraction of sp³-hybridized carbons (Fsp3) is 0.941. The Balaban J connectivity index is 2.72. The Kier molecular flexibility index (Phi) is 6.32. The molecule has 0 spiro atoms. The van der Waals surface area contributed by atoms with Gasteiger partial charge < -0.3 is 19.2 Å². The molecular weight excluding hydrogens is 310 g/mol. The number of ether oxygens (including phenoxy) is 1. The van der Waals surface area contributed by atoms with Crippen LogP contribution in [0.4, 0.5) is 4.79 Å². The first-order valence-electron chi connectivity index (χ1n) is 8.57. The summed E-state index contributed by atoms with van der Waals surface area (Å²) in [7, 11) is -1.94. The van der Waals surface area contributed by atoms with Crippen molar-refractivity contribution in [3.8, 4) is 0 Å². The molecular formula is C17H35NO4Si. The highest BCUT2D eigenvalue weighted by molar-refractivity contribution is 6.74. The molecule has 0 aromatic rings. The first-order valence-corrected chi connectivity index (χ1v) is 11.5. The van der Waals surface area contributed by atoms with Gasteiger partial charge in [0, 0.05) is 6.54 Å². The summed E-state index contributed by atoms with van der Waals surface area (Å²) in [5, 5.41) is 10.6. The van der Waals surface area contributed by atoms with Gasteiger partial charge in [0.1, 0.15) is 5.60 Å². The van der Waals surface area contributed by atoms with E-state index in [9.17, 15) is 9.90 Å². The van der Waals surface area contributed by atoms with Gasteiger partial charge in [0.2, 0.25) is 0 Å². The zero-order chi connectivity index (χ0) is 18.1. The Morgan fingerprint density at radius 2 is 1.74 bits per heavy atom. The maximum absolute atomic E-state index is 12.2. The summed E-state index contributed by atoms with van der Waals surface area (Å²) in [5.41, 5.74) is -0.522. The molecule has 0 aromatic heterocycles. The zero-order valence-corrected chi connectivity index (χ0v) is 17.1. The fourth-order valence-electron chi connectivity index (χ4n) is 2.30. The van der Waals surface area contributed by atoms with Gasteiger partial charge in [-0.2, -0.15) is 0 Å². The Morgan fingerprint density at radius 1 is 1.17 bits per heavy atom. The second kappa shape index (κ2) is 7.11. The maximum Gasteiger partial charge on any atom is 0.410 e. The van der Waals surface area contributed by atoms with Crippen molar-refractivity contribution in [2.75, 3.05) is 13.1 Å². The van der Waals surface area contributed by atoms with Crippen molar-refractivity contribution in [3.63, 3.8) is 0 Å². The van der Waals surface area contributed by atoms with Crippen LogP contribution in [-0.4, -0.2) is 55.3 Å². The second-order valence-corrected chi connectivity index (χ2v) is 13.8. The quantitative estimate of drug-likeness (QED) is 0.774. The van der Waals surface area contributed by atoms with Gasteiger partial charge in [-0.05, 0) is 51.7 Å². The van der Waals surface area contributed by atoms with Gasteiger partial charge in [-0.25, -0.2) is 4.79 Å². The van der Waals surface area contributed by atoms with E-state index in [-0.39, 0.29) is 23.8 Å². The highest BCUT2D eigenvalue weighted by Crippen LogP contribution is 2.38. The van der Waals surface area contributed by atoms with Crippen molar-refractivity contribution in [1.29, 1.82) is 0 Å². The number of likely N-dealkylation sites (tertiary alicyclic amines) is 1. The maximum atomic E-state index is 12.2. The topological polar surface area (TPSA) is 59.0 Å². The summed E-state index contributed by atoms with van der Waals surface area (Å²) >= 11 is 0. The lowest BCUT2D eigenvalue weighted by Gasteiger charge is -2.40. The number of aliphatic hydroxyl groups excluding tert-OH is 1. The lowest BCUT2D eigenvalue weighted by atomic mass is 10.1. The van der Waals surface area contributed by atoms with E-state index in [1.165, 1.54) is 0 Å². The van der Waals surface area contributed by atoms with Crippen LogP contribution in [0, 0.1) is 0 Å². The lowest BCUT2D eigenvalue weighted by Crippen LogP contribution is -2.49. The van der Waals surface area contributed by atoms with Crippen LogP contribution < -0.4 is 0 Å². The van der Waals surface area contributed by atoms with E-state index in [4.69, 9.17) is 9.16 Å². The van der Waals surface area contributed by atoms with Gasteiger partial charge >= 0.3 is 6.09 Å². The predicted molar refractivity (Wildman–Crippen MR) is 95.1 cm³/mol. The molecule has 1 rings (SSSR count). The molecule has 1 aliphatic rings. The summed E-state index contributed by atoms with van der Waals surface area (Å²) in [6, 6.07) is 0. The number of β-amino-alcohol motifs (C(OH)–C–C–N with tert-alkyl or cyclic N) is 1. The number of nitrogens with zero attached hydrogens (tertiary/aromatic N) is 1. The molecule has 0 aliphatic carbocycles. The molecule has 0 bridgehead atoms. The van der Waals surface area contributed by atoms with Gasteiger partial charge in [-0.15, -0.1) is 0 Å². The average molecular weight is 346 g/mol. The molecule has 136 valence electrons. The Bertz CT molecular complexity index is 412. The minimum Gasteiger partial charge on any atom is -0.444 e. The molecule has 1 amide bonds. The Morgan fingerprint density at radius 3 is 2.22 bits per heavy atom. The first kappa shape index (κ1) is 20.5. The van der Waals surface area contributed by atoms with Crippen LogP contribution in [0.3, 0.4) is 0 Å². The number of carbonyl (C=O) groups excluding carboxylic acids is 1. The zero-order valence-electron chi connectivity index (χ0n) is 16.1. The Labute approximate surface area is 142 Å². The number of carbonyl (C=O) groups is 1. The fourth-order valence-corrected chi connectivity index (χ4v) is 3.68. The van der Waals surface area contributed by atoms with Crippen LogP contribution in [-0.2, 0) is 9.16 Å². The number of amides is 1. The third-order valence-electron chi connectivity index (χ3n) is 4.66. The molecule has 1 aliphatic heterocycles. The third-order valence-corrected chi connectivity index (χ3v) is 9.16. The molecule has 2 atom stereocenters. The van der Waals surface area contributed by atoms with Crippen LogP contribution in [0.5, 0.6) is 0 Å². The standard InChI is InChI=1S/C17H35NO4Si/c1-16(2,3)21-15(20)18-11-9-10-14(13(19)12-18)22-23(7,8)17(4,5)6/h13-14,19H,9-12H2,1-8H3/t13-,14-/m0/s1.